The van der Waals surface area contributed by atoms with Gasteiger partial charge in [-0.3, -0.25) is 0 Å². The van der Waals surface area contributed by atoms with Crippen molar-refractivity contribution >= 4 is 22.5 Å². The number of halogens is 1. The van der Waals surface area contributed by atoms with E-state index in [1.807, 2.05) is 31.2 Å². The van der Waals surface area contributed by atoms with Gasteiger partial charge in [0.2, 0.25) is 0 Å². The number of aromatic amines is 1. The molecule has 0 saturated carbocycles. The summed E-state index contributed by atoms with van der Waals surface area (Å²) in [6, 6.07) is 8.02. The Morgan fingerprint density at radius 1 is 1.38 bits per heavy atom. The molecule has 0 amide bonds. The quantitative estimate of drug-likeness (QED) is 0.618. The van der Waals surface area contributed by atoms with Crippen LogP contribution in [0.4, 0.5) is 0 Å². The molecule has 1 aromatic carbocycles. The molecule has 0 aliphatic heterocycles. The predicted molar refractivity (Wildman–Crippen MR) is 68.5 cm³/mol. The molecule has 3 heteroatoms. The maximum Gasteiger partial charge on any atom is 0.0705 e. The minimum atomic E-state index is 0.683. The minimum Gasteiger partial charge on any atom is -0.356 e. The van der Waals surface area contributed by atoms with E-state index < -0.39 is 0 Å². The van der Waals surface area contributed by atoms with Crippen molar-refractivity contribution in [3.05, 3.63) is 35.0 Å². The van der Waals surface area contributed by atoms with Gasteiger partial charge in [0.25, 0.3) is 0 Å². The van der Waals surface area contributed by atoms with Gasteiger partial charge in [0.05, 0.1) is 11.6 Å². The fourth-order valence-corrected chi connectivity index (χ4v) is 1.90. The van der Waals surface area contributed by atoms with Crippen LogP contribution >= 0.6 is 11.6 Å². The van der Waals surface area contributed by atoms with E-state index in [0.29, 0.717) is 13.1 Å². The summed E-state index contributed by atoms with van der Waals surface area (Å²) in [5.41, 5.74) is 2.09. The molecular formula is C13H13ClN2. The van der Waals surface area contributed by atoms with E-state index in [-0.39, 0.29) is 0 Å². The summed E-state index contributed by atoms with van der Waals surface area (Å²) in [5.74, 6) is 5.79. The molecule has 0 radical (unpaired) electrons. The van der Waals surface area contributed by atoms with Gasteiger partial charge < -0.3 is 10.3 Å². The van der Waals surface area contributed by atoms with Crippen LogP contribution in [-0.2, 0) is 6.54 Å². The fourth-order valence-electron chi connectivity index (χ4n) is 1.62. The molecule has 0 spiro atoms. The number of aromatic nitrogens is 1. The van der Waals surface area contributed by atoms with Gasteiger partial charge >= 0.3 is 0 Å². The Kier molecular flexibility index (Phi) is 3.51. The summed E-state index contributed by atoms with van der Waals surface area (Å²) in [5, 5.41) is 5.09. The van der Waals surface area contributed by atoms with E-state index in [1.54, 1.807) is 0 Å². The van der Waals surface area contributed by atoms with Gasteiger partial charge in [0, 0.05) is 23.1 Å². The van der Waals surface area contributed by atoms with Crippen LogP contribution in [0.5, 0.6) is 0 Å². The van der Waals surface area contributed by atoms with Gasteiger partial charge in [-0.15, -0.1) is 5.92 Å². The van der Waals surface area contributed by atoms with Crippen LogP contribution < -0.4 is 5.32 Å². The van der Waals surface area contributed by atoms with Crippen LogP contribution in [0.15, 0.2) is 24.3 Å². The highest BCUT2D eigenvalue weighted by Gasteiger charge is 2.07. The van der Waals surface area contributed by atoms with E-state index >= 15 is 0 Å². The second-order valence-corrected chi connectivity index (χ2v) is 3.87. The molecule has 1 aromatic heterocycles. The lowest BCUT2D eigenvalue weighted by Gasteiger charge is -1.98. The van der Waals surface area contributed by atoms with Gasteiger partial charge in [0.15, 0.2) is 0 Å². The number of hydrogen-bond donors (Lipinski definition) is 2. The first kappa shape index (κ1) is 11.1. The fraction of sp³-hybridized carbons (Fsp3) is 0.231. The van der Waals surface area contributed by atoms with Crippen molar-refractivity contribution < 1.29 is 0 Å². The van der Waals surface area contributed by atoms with Gasteiger partial charge in [-0.2, -0.15) is 0 Å². The van der Waals surface area contributed by atoms with Crippen molar-refractivity contribution in [3.63, 3.8) is 0 Å². The second-order valence-electron chi connectivity index (χ2n) is 3.49. The summed E-state index contributed by atoms with van der Waals surface area (Å²) in [4.78, 5) is 3.30. The molecule has 1 heterocycles. The number of fused-ring (bicyclic) bond motifs is 1. The maximum atomic E-state index is 6.26. The molecule has 0 bridgehead atoms. The number of nitrogens with one attached hydrogen (secondary N) is 2. The van der Waals surface area contributed by atoms with Crippen molar-refractivity contribution in [2.45, 2.75) is 13.5 Å². The maximum absolute atomic E-state index is 6.26. The standard InChI is InChI=1S/C13H13ClN2/c1-2-3-8-15-9-12-13(14)10-6-4-5-7-11(10)16-12/h4-7,15-16H,8-9H2,1H3. The zero-order valence-corrected chi connectivity index (χ0v) is 9.86. The predicted octanol–water partition coefficient (Wildman–Crippen LogP) is 2.93. The Labute approximate surface area is 100.0 Å². The molecular weight excluding hydrogens is 220 g/mol. The SMILES string of the molecule is CC#CCNCc1[nH]c2ccccc2c1Cl. The highest BCUT2D eigenvalue weighted by atomic mass is 35.5. The number of hydrogen-bond acceptors (Lipinski definition) is 1. The molecule has 82 valence electrons. The number of para-hydroxylation sites is 1. The molecule has 2 aromatic rings. The molecule has 2 rings (SSSR count). The highest BCUT2D eigenvalue weighted by molar-refractivity contribution is 6.36. The monoisotopic (exact) mass is 232 g/mol. The molecule has 0 atom stereocenters. The third-order valence-electron chi connectivity index (χ3n) is 2.41. The molecule has 16 heavy (non-hydrogen) atoms. The van der Waals surface area contributed by atoms with E-state index in [4.69, 9.17) is 11.6 Å². The summed E-state index contributed by atoms with van der Waals surface area (Å²) in [7, 11) is 0. The lowest BCUT2D eigenvalue weighted by molar-refractivity contribution is 0.755. The Balaban J connectivity index is 2.17. The van der Waals surface area contributed by atoms with Crippen molar-refractivity contribution in [1.29, 1.82) is 0 Å². The minimum absolute atomic E-state index is 0.683. The van der Waals surface area contributed by atoms with Crippen molar-refractivity contribution in [1.82, 2.24) is 10.3 Å². The summed E-state index contributed by atoms with van der Waals surface area (Å²) in [6.07, 6.45) is 0. The van der Waals surface area contributed by atoms with Crippen molar-refractivity contribution in [2.75, 3.05) is 6.54 Å². The average molecular weight is 233 g/mol. The first-order valence-corrected chi connectivity index (χ1v) is 5.56. The van der Waals surface area contributed by atoms with Crippen LogP contribution in [0.25, 0.3) is 10.9 Å². The second kappa shape index (κ2) is 5.07. The third-order valence-corrected chi connectivity index (χ3v) is 2.84. The third kappa shape index (κ3) is 2.21. The molecule has 0 saturated heterocycles. The van der Waals surface area contributed by atoms with Gasteiger partial charge in [-0.25, -0.2) is 0 Å². The van der Waals surface area contributed by atoms with Gasteiger partial charge in [-0.05, 0) is 13.0 Å². The summed E-state index contributed by atoms with van der Waals surface area (Å²) in [6.45, 7) is 3.22. The molecule has 2 nitrogen and oxygen atoms in total. The number of benzene rings is 1. The lowest BCUT2D eigenvalue weighted by Crippen LogP contribution is -2.13. The molecule has 0 aliphatic rings. The summed E-state index contributed by atoms with van der Waals surface area (Å²) >= 11 is 6.26. The number of H-pyrrole nitrogens is 1. The van der Waals surface area contributed by atoms with Crippen LogP contribution in [0, 0.1) is 11.8 Å². The normalized spacial score (nSPS) is 10.1. The van der Waals surface area contributed by atoms with Crippen LogP contribution in [-0.4, -0.2) is 11.5 Å². The van der Waals surface area contributed by atoms with E-state index in [9.17, 15) is 0 Å². The lowest BCUT2D eigenvalue weighted by atomic mass is 10.2. The van der Waals surface area contributed by atoms with E-state index in [1.165, 1.54) is 0 Å². The van der Waals surface area contributed by atoms with E-state index in [0.717, 1.165) is 21.6 Å². The molecule has 0 unspecified atom stereocenters. The van der Waals surface area contributed by atoms with Crippen LogP contribution in [0.1, 0.15) is 12.6 Å². The molecule has 0 aliphatic carbocycles. The molecule has 0 fully saturated rings. The first-order valence-electron chi connectivity index (χ1n) is 5.18. The zero-order valence-electron chi connectivity index (χ0n) is 9.10. The summed E-state index contributed by atoms with van der Waals surface area (Å²) < 4.78 is 0. The first-order chi connectivity index (χ1) is 7.83. The zero-order chi connectivity index (χ0) is 11.4. The Morgan fingerprint density at radius 2 is 2.19 bits per heavy atom. The average Bonchev–Trinajstić information content (AvgIpc) is 2.63. The van der Waals surface area contributed by atoms with Crippen molar-refractivity contribution in [2.24, 2.45) is 0 Å². The largest absolute Gasteiger partial charge is 0.356 e. The Bertz CT molecular complexity index is 546. The Morgan fingerprint density at radius 3 is 2.94 bits per heavy atom. The van der Waals surface area contributed by atoms with Crippen LogP contribution in [0.3, 0.4) is 0 Å². The van der Waals surface area contributed by atoms with E-state index in [2.05, 4.69) is 22.1 Å². The van der Waals surface area contributed by atoms with Gasteiger partial charge in [0.1, 0.15) is 0 Å². The topological polar surface area (TPSA) is 27.8 Å². The van der Waals surface area contributed by atoms with Gasteiger partial charge in [-0.1, -0.05) is 35.7 Å². The smallest absolute Gasteiger partial charge is 0.0705 e. The molecule has 2 N–H and O–H groups in total. The van der Waals surface area contributed by atoms with Crippen molar-refractivity contribution in [3.8, 4) is 11.8 Å². The van der Waals surface area contributed by atoms with Crippen LogP contribution in [0.2, 0.25) is 5.02 Å². The Hall–Kier alpha value is -1.43. The highest BCUT2D eigenvalue weighted by Crippen LogP contribution is 2.26. The number of rotatable bonds is 3.